The predicted molar refractivity (Wildman–Crippen MR) is 27.5 cm³/mol. The quantitative estimate of drug-likeness (QED) is 0.478. The molecule has 0 spiro atoms. The molecule has 0 rings (SSSR count). The smallest absolute Gasteiger partial charge is 0.0822 e. The largest absolute Gasteiger partial charge is 0.260 e. The van der Waals surface area contributed by atoms with Gasteiger partial charge < -0.3 is 0 Å². The van der Waals surface area contributed by atoms with Gasteiger partial charge in [-0.2, -0.15) is 0 Å². The number of hydrogen-bond donors (Lipinski definition) is 0. The second kappa shape index (κ2) is 2.99. The van der Waals surface area contributed by atoms with E-state index in [0.29, 0.717) is 5.92 Å². The van der Waals surface area contributed by atoms with Crippen LogP contribution in [0.25, 0.3) is 0 Å². The second-order valence-corrected chi connectivity index (χ2v) is 2.05. The third-order valence-corrected chi connectivity index (χ3v) is 1.11. The SMILES string of the molecule is CC(C)C(C)O[N]. The van der Waals surface area contributed by atoms with Gasteiger partial charge in [0.25, 0.3) is 0 Å². The highest BCUT2D eigenvalue weighted by atomic mass is 16.6. The molecule has 0 N–H and O–H groups in total. The van der Waals surface area contributed by atoms with E-state index in [0.717, 1.165) is 0 Å². The molecule has 7 heavy (non-hydrogen) atoms. The molecule has 0 saturated carbocycles. The van der Waals surface area contributed by atoms with E-state index in [9.17, 15) is 0 Å². The monoisotopic (exact) mass is 101 g/mol. The van der Waals surface area contributed by atoms with Crippen molar-refractivity contribution in [2.75, 3.05) is 0 Å². The molecular weight excluding hydrogens is 90.1 g/mol. The van der Waals surface area contributed by atoms with Crippen LogP contribution >= 0.6 is 0 Å². The maximum absolute atomic E-state index is 8.01. The molecule has 0 amide bonds. The van der Waals surface area contributed by atoms with Crippen molar-refractivity contribution >= 4 is 0 Å². The maximum atomic E-state index is 8.01. The molecule has 0 aliphatic heterocycles. The highest BCUT2D eigenvalue weighted by molar-refractivity contribution is 4.50. The van der Waals surface area contributed by atoms with Crippen LogP contribution in [-0.2, 0) is 4.84 Å². The summed E-state index contributed by atoms with van der Waals surface area (Å²) in [6, 6.07) is 0. The zero-order chi connectivity index (χ0) is 5.86. The molecule has 0 bridgehead atoms. The molecule has 2 heteroatoms. The molecule has 42 valence electrons. The topological polar surface area (TPSA) is 31.5 Å². The molecule has 2 nitrogen and oxygen atoms in total. The van der Waals surface area contributed by atoms with Crippen LogP contribution in [-0.4, -0.2) is 6.10 Å². The lowest BCUT2D eigenvalue weighted by Crippen LogP contribution is -2.13. The molecular formula is C5H11NO. The Morgan fingerprint density at radius 1 is 1.29 bits per heavy atom. The highest BCUT2D eigenvalue weighted by Gasteiger charge is 2.04. The Morgan fingerprint density at radius 2 is 1.71 bits per heavy atom. The summed E-state index contributed by atoms with van der Waals surface area (Å²) in [5.74, 6) is 8.40. The first-order valence-electron chi connectivity index (χ1n) is 2.48. The molecule has 0 aliphatic rings. The van der Waals surface area contributed by atoms with Gasteiger partial charge >= 0.3 is 0 Å². The summed E-state index contributed by atoms with van der Waals surface area (Å²) < 4.78 is 0. The van der Waals surface area contributed by atoms with E-state index in [1.165, 1.54) is 0 Å². The van der Waals surface area contributed by atoms with Crippen molar-refractivity contribution in [3.63, 3.8) is 0 Å². The standard InChI is InChI=1S/C5H11NO/c1-4(2)5(3)7-6/h4-5H,1-3H3. The van der Waals surface area contributed by atoms with Gasteiger partial charge in [0, 0.05) is 5.90 Å². The number of nitrogens with zero attached hydrogens (tertiary/aromatic N) is 1. The van der Waals surface area contributed by atoms with Crippen molar-refractivity contribution in [3.8, 4) is 0 Å². The lowest BCUT2D eigenvalue weighted by atomic mass is 10.1. The van der Waals surface area contributed by atoms with Gasteiger partial charge in [-0.05, 0) is 12.8 Å². The van der Waals surface area contributed by atoms with Gasteiger partial charge in [-0.25, -0.2) is 0 Å². The maximum Gasteiger partial charge on any atom is 0.0822 e. The van der Waals surface area contributed by atoms with Crippen molar-refractivity contribution in [3.05, 3.63) is 0 Å². The lowest BCUT2D eigenvalue weighted by molar-refractivity contribution is 0.0201. The second-order valence-electron chi connectivity index (χ2n) is 2.05. The average molecular weight is 101 g/mol. The Morgan fingerprint density at radius 3 is 1.71 bits per heavy atom. The van der Waals surface area contributed by atoms with Gasteiger partial charge in [-0.15, -0.1) is 0 Å². The van der Waals surface area contributed by atoms with E-state index in [-0.39, 0.29) is 6.10 Å². The van der Waals surface area contributed by atoms with E-state index in [2.05, 4.69) is 4.84 Å². The van der Waals surface area contributed by atoms with Crippen LogP contribution in [0.4, 0.5) is 0 Å². The molecule has 1 unspecified atom stereocenters. The molecule has 2 radical (unpaired) electrons. The number of rotatable bonds is 2. The van der Waals surface area contributed by atoms with Crippen molar-refractivity contribution in [2.24, 2.45) is 5.92 Å². The fourth-order valence-corrected chi connectivity index (χ4v) is 0.122. The minimum atomic E-state index is -0.0417. The summed E-state index contributed by atoms with van der Waals surface area (Å²) >= 11 is 0. The molecule has 1 atom stereocenters. The lowest BCUT2D eigenvalue weighted by Gasteiger charge is -2.08. The first-order chi connectivity index (χ1) is 3.18. The van der Waals surface area contributed by atoms with Gasteiger partial charge in [0.1, 0.15) is 0 Å². The predicted octanol–water partition coefficient (Wildman–Crippen LogP) is 1.03. The summed E-state index contributed by atoms with van der Waals surface area (Å²) in [6.45, 7) is 5.80. The summed E-state index contributed by atoms with van der Waals surface area (Å²) in [5, 5.41) is 0. The zero-order valence-corrected chi connectivity index (χ0v) is 5.01. The molecule has 0 heterocycles. The summed E-state index contributed by atoms with van der Waals surface area (Å²) in [7, 11) is 0. The first kappa shape index (κ1) is 6.92. The normalized spacial score (nSPS) is 15.0. The van der Waals surface area contributed by atoms with Crippen molar-refractivity contribution in [1.82, 2.24) is 5.90 Å². The summed E-state index contributed by atoms with van der Waals surface area (Å²) in [5.41, 5.74) is 0. The molecule has 0 aromatic rings. The number of hydrogen-bond acceptors (Lipinski definition) is 1. The zero-order valence-electron chi connectivity index (χ0n) is 5.01. The van der Waals surface area contributed by atoms with Gasteiger partial charge in [0.05, 0.1) is 6.10 Å². The Hall–Kier alpha value is -0.0800. The minimum Gasteiger partial charge on any atom is -0.260 e. The van der Waals surface area contributed by atoms with Crippen LogP contribution in [0.15, 0.2) is 0 Å². The average Bonchev–Trinajstić information content (AvgIpc) is 1.65. The molecule has 0 saturated heterocycles. The Kier molecular flexibility index (Phi) is 2.96. The first-order valence-corrected chi connectivity index (χ1v) is 2.48. The molecule has 0 fully saturated rings. The summed E-state index contributed by atoms with van der Waals surface area (Å²) in [4.78, 5) is 4.01. The van der Waals surface area contributed by atoms with Crippen molar-refractivity contribution < 1.29 is 4.84 Å². The van der Waals surface area contributed by atoms with Gasteiger partial charge in [-0.1, -0.05) is 13.8 Å². The van der Waals surface area contributed by atoms with Gasteiger partial charge in [0.2, 0.25) is 0 Å². The molecule has 0 aromatic heterocycles. The third kappa shape index (κ3) is 2.60. The van der Waals surface area contributed by atoms with Crippen LogP contribution in [0, 0.1) is 5.92 Å². The van der Waals surface area contributed by atoms with E-state index < -0.39 is 0 Å². The van der Waals surface area contributed by atoms with Gasteiger partial charge in [0.15, 0.2) is 0 Å². The van der Waals surface area contributed by atoms with E-state index in [1.807, 2.05) is 20.8 Å². The third-order valence-electron chi connectivity index (χ3n) is 1.11. The highest BCUT2D eigenvalue weighted by Crippen LogP contribution is 2.01. The van der Waals surface area contributed by atoms with E-state index in [1.54, 1.807) is 0 Å². The van der Waals surface area contributed by atoms with E-state index >= 15 is 0 Å². The van der Waals surface area contributed by atoms with Crippen LogP contribution in [0.3, 0.4) is 0 Å². The van der Waals surface area contributed by atoms with Crippen LogP contribution in [0.2, 0.25) is 0 Å². The van der Waals surface area contributed by atoms with Crippen LogP contribution in [0.1, 0.15) is 20.8 Å². The van der Waals surface area contributed by atoms with Crippen molar-refractivity contribution in [2.45, 2.75) is 26.9 Å². The fourth-order valence-electron chi connectivity index (χ4n) is 0.122. The fraction of sp³-hybridized carbons (Fsp3) is 1.00. The molecule has 0 aromatic carbocycles. The minimum absolute atomic E-state index is 0.0417. The Labute approximate surface area is 44.6 Å². The Bertz CT molecular complexity index is 45.3. The van der Waals surface area contributed by atoms with Gasteiger partial charge in [-0.3, -0.25) is 4.84 Å². The summed E-state index contributed by atoms with van der Waals surface area (Å²) in [6.07, 6.45) is -0.0417. The van der Waals surface area contributed by atoms with Crippen LogP contribution < -0.4 is 5.90 Å². The molecule has 0 aliphatic carbocycles. The van der Waals surface area contributed by atoms with Crippen molar-refractivity contribution in [1.29, 1.82) is 0 Å². The van der Waals surface area contributed by atoms with E-state index in [4.69, 9.17) is 5.90 Å². The van der Waals surface area contributed by atoms with Crippen LogP contribution in [0.5, 0.6) is 0 Å². The Balaban J connectivity index is 3.14.